The second-order valence-corrected chi connectivity index (χ2v) is 6.25. The molecule has 0 unspecified atom stereocenters. The number of nitrogens with one attached hydrogen (secondary N) is 2. The lowest BCUT2D eigenvalue weighted by Crippen LogP contribution is -2.20. The standard InChI is InChI=1S/C22H18N2O5/c25-21(13-27-18-7-2-1-3-8-18)23-16-5-4-6-17(12-16)24-22(26)15-9-10-19-20(11-15)29-14-28-19/h1-12H,13-14H2,(H,23,25)(H,24,26). The topological polar surface area (TPSA) is 85.9 Å². The van der Waals surface area contributed by atoms with Crippen LogP contribution in [0.5, 0.6) is 17.2 Å². The van der Waals surface area contributed by atoms with E-state index in [1.54, 1.807) is 54.6 Å². The van der Waals surface area contributed by atoms with Crippen molar-refractivity contribution in [3.63, 3.8) is 0 Å². The molecule has 0 spiro atoms. The van der Waals surface area contributed by atoms with Crippen LogP contribution in [0.15, 0.2) is 72.8 Å². The number of carbonyl (C=O) groups is 2. The maximum atomic E-state index is 12.5. The molecule has 1 heterocycles. The van der Waals surface area contributed by atoms with Gasteiger partial charge in [0.2, 0.25) is 6.79 Å². The van der Waals surface area contributed by atoms with E-state index in [0.29, 0.717) is 34.2 Å². The van der Waals surface area contributed by atoms with Crippen molar-refractivity contribution in [2.75, 3.05) is 24.0 Å². The molecule has 0 saturated carbocycles. The molecule has 7 nitrogen and oxygen atoms in total. The molecule has 1 aliphatic heterocycles. The first-order valence-electron chi connectivity index (χ1n) is 8.96. The molecule has 0 bridgehead atoms. The molecular formula is C22H18N2O5. The maximum Gasteiger partial charge on any atom is 0.262 e. The maximum absolute atomic E-state index is 12.5. The molecule has 3 aromatic carbocycles. The number of amides is 2. The molecule has 146 valence electrons. The Balaban J connectivity index is 1.35. The SMILES string of the molecule is O=C(COc1ccccc1)Nc1cccc(NC(=O)c2ccc3c(c2)OCO3)c1. The average Bonchev–Trinajstić information content (AvgIpc) is 3.21. The normalized spacial score (nSPS) is 11.6. The molecule has 0 atom stereocenters. The third-order valence-corrected chi connectivity index (χ3v) is 4.15. The van der Waals surface area contributed by atoms with E-state index in [1.165, 1.54) is 0 Å². The summed E-state index contributed by atoms with van der Waals surface area (Å²) in [6, 6.07) is 21.0. The number of anilines is 2. The number of para-hydroxylation sites is 1. The smallest absolute Gasteiger partial charge is 0.262 e. The lowest BCUT2D eigenvalue weighted by Gasteiger charge is -2.10. The molecule has 2 N–H and O–H groups in total. The Bertz CT molecular complexity index is 1040. The Morgan fingerprint density at radius 2 is 1.59 bits per heavy atom. The zero-order valence-corrected chi connectivity index (χ0v) is 15.4. The van der Waals surface area contributed by atoms with Gasteiger partial charge in [0, 0.05) is 16.9 Å². The Morgan fingerprint density at radius 3 is 2.41 bits per heavy atom. The minimum Gasteiger partial charge on any atom is -0.484 e. The lowest BCUT2D eigenvalue weighted by molar-refractivity contribution is -0.118. The largest absolute Gasteiger partial charge is 0.484 e. The molecule has 0 fully saturated rings. The van der Waals surface area contributed by atoms with Gasteiger partial charge in [0.1, 0.15) is 5.75 Å². The van der Waals surface area contributed by atoms with Crippen molar-refractivity contribution in [2.24, 2.45) is 0 Å². The third kappa shape index (κ3) is 4.65. The first kappa shape index (κ1) is 18.4. The van der Waals surface area contributed by atoms with Gasteiger partial charge in [0.25, 0.3) is 11.8 Å². The molecular weight excluding hydrogens is 372 g/mol. The number of hydrogen-bond donors (Lipinski definition) is 2. The Morgan fingerprint density at radius 1 is 0.828 bits per heavy atom. The van der Waals surface area contributed by atoms with E-state index < -0.39 is 0 Å². The Labute approximate surface area is 167 Å². The van der Waals surface area contributed by atoms with Gasteiger partial charge in [-0.3, -0.25) is 9.59 Å². The van der Waals surface area contributed by atoms with Crippen molar-refractivity contribution in [3.05, 3.63) is 78.4 Å². The van der Waals surface area contributed by atoms with Crippen LogP contribution in [0, 0.1) is 0 Å². The van der Waals surface area contributed by atoms with E-state index in [9.17, 15) is 9.59 Å². The number of benzene rings is 3. The number of carbonyl (C=O) groups excluding carboxylic acids is 2. The van der Waals surface area contributed by atoms with Gasteiger partial charge < -0.3 is 24.8 Å². The van der Waals surface area contributed by atoms with Crippen LogP contribution in [-0.2, 0) is 4.79 Å². The summed E-state index contributed by atoms with van der Waals surface area (Å²) in [7, 11) is 0. The van der Waals surface area contributed by atoms with Gasteiger partial charge in [-0.2, -0.15) is 0 Å². The molecule has 1 aliphatic rings. The van der Waals surface area contributed by atoms with E-state index >= 15 is 0 Å². The fraction of sp³-hybridized carbons (Fsp3) is 0.0909. The van der Waals surface area contributed by atoms with Gasteiger partial charge in [-0.25, -0.2) is 0 Å². The monoisotopic (exact) mass is 390 g/mol. The summed E-state index contributed by atoms with van der Waals surface area (Å²) in [5.74, 6) is 1.18. The highest BCUT2D eigenvalue weighted by Gasteiger charge is 2.16. The van der Waals surface area contributed by atoms with Crippen molar-refractivity contribution in [1.29, 1.82) is 0 Å². The fourth-order valence-corrected chi connectivity index (χ4v) is 2.78. The summed E-state index contributed by atoms with van der Waals surface area (Å²) in [6.45, 7) is 0.0356. The quantitative estimate of drug-likeness (QED) is 0.671. The van der Waals surface area contributed by atoms with E-state index in [-0.39, 0.29) is 25.2 Å². The highest BCUT2D eigenvalue weighted by molar-refractivity contribution is 6.05. The van der Waals surface area contributed by atoms with Crippen molar-refractivity contribution in [2.45, 2.75) is 0 Å². The summed E-state index contributed by atoms with van der Waals surface area (Å²) in [5.41, 5.74) is 1.55. The Kier molecular flexibility index (Phi) is 5.29. The summed E-state index contributed by atoms with van der Waals surface area (Å²) in [4.78, 5) is 24.6. The first-order valence-corrected chi connectivity index (χ1v) is 8.96. The predicted octanol–water partition coefficient (Wildman–Crippen LogP) is 3.69. The van der Waals surface area contributed by atoms with E-state index in [4.69, 9.17) is 14.2 Å². The summed E-state index contributed by atoms with van der Waals surface area (Å²) >= 11 is 0. The van der Waals surface area contributed by atoms with Crippen LogP contribution in [0.4, 0.5) is 11.4 Å². The van der Waals surface area contributed by atoms with Crippen LogP contribution < -0.4 is 24.8 Å². The van der Waals surface area contributed by atoms with Gasteiger partial charge >= 0.3 is 0 Å². The number of hydrogen-bond acceptors (Lipinski definition) is 5. The van der Waals surface area contributed by atoms with Crippen molar-refractivity contribution in [1.82, 2.24) is 0 Å². The average molecular weight is 390 g/mol. The molecule has 2 amide bonds. The predicted molar refractivity (Wildman–Crippen MR) is 108 cm³/mol. The van der Waals surface area contributed by atoms with Crippen LogP contribution in [0.3, 0.4) is 0 Å². The summed E-state index contributed by atoms with van der Waals surface area (Å²) < 4.78 is 16.0. The van der Waals surface area contributed by atoms with Gasteiger partial charge in [0.05, 0.1) is 0 Å². The number of rotatable bonds is 6. The molecule has 0 aliphatic carbocycles. The van der Waals surface area contributed by atoms with Gasteiger partial charge in [-0.15, -0.1) is 0 Å². The number of fused-ring (bicyclic) bond motifs is 1. The van der Waals surface area contributed by atoms with Crippen LogP contribution >= 0.6 is 0 Å². The van der Waals surface area contributed by atoms with Crippen LogP contribution in [0.2, 0.25) is 0 Å². The molecule has 0 saturated heterocycles. The van der Waals surface area contributed by atoms with Crippen LogP contribution in [0.25, 0.3) is 0 Å². The highest BCUT2D eigenvalue weighted by Crippen LogP contribution is 2.32. The van der Waals surface area contributed by atoms with E-state index in [0.717, 1.165) is 0 Å². The minimum atomic E-state index is -0.298. The van der Waals surface area contributed by atoms with Gasteiger partial charge in [0.15, 0.2) is 18.1 Å². The van der Waals surface area contributed by atoms with E-state index in [1.807, 2.05) is 18.2 Å². The molecule has 7 heteroatoms. The zero-order chi connectivity index (χ0) is 20.1. The molecule has 3 aromatic rings. The molecule has 0 radical (unpaired) electrons. The Hall–Kier alpha value is -4.00. The van der Waals surface area contributed by atoms with Gasteiger partial charge in [-0.05, 0) is 48.5 Å². The van der Waals surface area contributed by atoms with Gasteiger partial charge in [-0.1, -0.05) is 24.3 Å². The van der Waals surface area contributed by atoms with Crippen molar-refractivity contribution >= 4 is 23.2 Å². The molecule has 4 rings (SSSR count). The zero-order valence-electron chi connectivity index (χ0n) is 15.4. The van der Waals surface area contributed by atoms with Crippen molar-refractivity contribution < 1.29 is 23.8 Å². The summed E-state index contributed by atoms with van der Waals surface area (Å²) in [5, 5.41) is 5.55. The first-order chi connectivity index (χ1) is 14.2. The second-order valence-electron chi connectivity index (χ2n) is 6.25. The minimum absolute atomic E-state index is 0.113. The molecule has 0 aromatic heterocycles. The van der Waals surface area contributed by atoms with Crippen LogP contribution in [-0.4, -0.2) is 25.2 Å². The summed E-state index contributed by atoms with van der Waals surface area (Å²) in [6.07, 6.45) is 0. The fourth-order valence-electron chi connectivity index (χ4n) is 2.78. The second kappa shape index (κ2) is 8.35. The van der Waals surface area contributed by atoms with E-state index in [2.05, 4.69) is 10.6 Å². The molecule has 29 heavy (non-hydrogen) atoms. The lowest BCUT2D eigenvalue weighted by atomic mass is 10.2. The third-order valence-electron chi connectivity index (χ3n) is 4.15. The highest BCUT2D eigenvalue weighted by atomic mass is 16.7. The number of ether oxygens (including phenoxy) is 3. The van der Waals surface area contributed by atoms with Crippen molar-refractivity contribution in [3.8, 4) is 17.2 Å². The van der Waals surface area contributed by atoms with Crippen LogP contribution in [0.1, 0.15) is 10.4 Å².